The van der Waals surface area contributed by atoms with E-state index in [1.165, 1.54) is 37.6 Å². The standard InChI is InChI=1S/C24H20BrFN4O6/c1-14-9-18(5-7-21(14)30(33)34)36-13-16-10-15(3-8-22(16)35-2)12-27-29-24(32)23(31)28-20-6-4-17(25)11-19(20)26/h3-12H,13H2,1-2H3,(H,28,31)(H,29,32)/b27-12+. The van der Waals surface area contributed by atoms with Crippen LogP contribution in [0.5, 0.6) is 11.5 Å². The number of halogens is 2. The van der Waals surface area contributed by atoms with Crippen LogP contribution >= 0.6 is 15.9 Å². The van der Waals surface area contributed by atoms with Crippen molar-refractivity contribution >= 4 is 45.3 Å². The Labute approximate surface area is 213 Å². The summed E-state index contributed by atoms with van der Waals surface area (Å²) < 4.78 is 25.4. The lowest BCUT2D eigenvalue weighted by Crippen LogP contribution is -2.32. The van der Waals surface area contributed by atoms with E-state index in [9.17, 15) is 24.1 Å². The van der Waals surface area contributed by atoms with Crippen LogP contribution < -0.4 is 20.2 Å². The van der Waals surface area contributed by atoms with Crippen LogP contribution in [0.25, 0.3) is 0 Å². The first-order valence-electron chi connectivity index (χ1n) is 10.3. The van der Waals surface area contributed by atoms with Crippen molar-refractivity contribution in [1.82, 2.24) is 5.43 Å². The quantitative estimate of drug-likeness (QED) is 0.181. The summed E-state index contributed by atoms with van der Waals surface area (Å²) in [5, 5.41) is 16.9. The molecule has 3 aromatic carbocycles. The summed E-state index contributed by atoms with van der Waals surface area (Å²) in [6, 6.07) is 13.5. The van der Waals surface area contributed by atoms with Gasteiger partial charge in [0.15, 0.2) is 0 Å². The Hall–Kier alpha value is -4.32. The fourth-order valence-electron chi connectivity index (χ4n) is 3.06. The number of carbonyl (C=O) groups is 2. The molecule has 0 aliphatic heterocycles. The fraction of sp³-hybridized carbons (Fsp3) is 0.125. The zero-order chi connectivity index (χ0) is 26.2. The highest BCUT2D eigenvalue weighted by molar-refractivity contribution is 9.10. The van der Waals surface area contributed by atoms with Gasteiger partial charge in [0.1, 0.15) is 23.9 Å². The molecule has 0 bridgehead atoms. The lowest BCUT2D eigenvalue weighted by Gasteiger charge is -2.11. The van der Waals surface area contributed by atoms with Crippen molar-refractivity contribution in [2.45, 2.75) is 13.5 Å². The van der Waals surface area contributed by atoms with Crippen molar-refractivity contribution in [1.29, 1.82) is 0 Å². The Balaban J connectivity index is 1.62. The lowest BCUT2D eigenvalue weighted by molar-refractivity contribution is -0.385. The highest BCUT2D eigenvalue weighted by atomic mass is 79.9. The summed E-state index contributed by atoms with van der Waals surface area (Å²) in [4.78, 5) is 34.5. The zero-order valence-corrected chi connectivity index (χ0v) is 20.7. The Morgan fingerprint density at radius 2 is 1.92 bits per heavy atom. The van der Waals surface area contributed by atoms with Gasteiger partial charge in [0.25, 0.3) is 5.69 Å². The first kappa shape index (κ1) is 26.3. The van der Waals surface area contributed by atoms with Gasteiger partial charge in [-0.05, 0) is 61.0 Å². The Morgan fingerprint density at radius 1 is 1.14 bits per heavy atom. The fourth-order valence-corrected chi connectivity index (χ4v) is 3.39. The summed E-state index contributed by atoms with van der Waals surface area (Å²) in [6.07, 6.45) is 1.31. The van der Waals surface area contributed by atoms with Crippen molar-refractivity contribution < 1.29 is 28.4 Å². The predicted octanol–water partition coefficient (Wildman–Crippen LogP) is 4.48. The van der Waals surface area contributed by atoms with Crippen LogP contribution in [0.2, 0.25) is 0 Å². The minimum absolute atomic E-state index is 0.00385. The van der Waals surface area contributed by atoms with E-state index in [2.05, 4.69) is 31.8 Å². The number of benzene rings is 3. The smallest absolute Gasteiger partial charge is 0.329 e. The number of hydrazone groups is 1. The SMILES string of the molecule is COc1ccc(/C=N/NC(=O)C(=O)Nc2ccc(Br)cc2F)cc1COc1ccc([N+](=O)[O-])c(C)c1. The second-order valence-electron chi connectivity index (χ2n) is 7.34. The average molecular weight is 559 g/mol. The number of hydrogen-bond acceptors (Lipinski definition) is 7. The minimum atomic E-state index is -1.09. The van der Waals surface area contributed by atoms with Gasteiger partial charge in [-0.1, -0.05) is 15.9 Å². The number of aryl methyl sites for hydroxylation is 1. The van der Waals surface area contributed by atoms with Crippen LogP contribution in [-0.2, 0) is 16.2 Å². The van der Waals surface area contributed by atoms with Crippen LogP contribution in [-0.4, -0.2) is 30.1 Å². The molecule has 0 heterocycles. The van der Waals surface area contributed by atoms with Crippen molar-refractivity contribution in [2.75, 3.05) is 12.4 Å². The molecule has 0 saturated carbocycles. The minimum Gasteiger partial charge on any atom is -0.496 e. The molecular weight excluding hydrogens is 539 g/mol. The van der Waals surface area contributed by atoms with E-state index in [-0.39, 0.29) is 18.0 Å². The number of nitro groups is 1. The number of nitrogens with one attached hydrogen (secondary N) is 2. The molecule has 12 heteroatoms. The van der Waals surface area contributed by atoms with Gasteiger partial charge >= 0.3 is 11.8 Å². The molecular formula is C24H20BrFN4O6. The highest BCUT2D eigenvalue weighted by Gasteiger charge is 2.15. The molecule has 0 aliphatic carbocycles. The third kappa shape index (κ3) is 6.85. The zero-order valence-electron chi connectivity index (χ0n) is 19.1. The summed E-state index contributed by atoms with van der Waals surface area (Å²) in [7, 11) is 1.50. The van der Waals surface area contributed by atoms with E-state index in [1.54, 1.807) is 31.2 Å². The largest absolute Gasteiger partial charge is 0.496 e. The lowest BCUT2D eigenvalue weighted by atomic mass is 10.1. The van der Waals surface area contributed by atoms with Crippen molar-refractivity contribution in [3.8, 4) is 11.5 Å². The van der Waals surface area contributed by atoms with E-state index in [4.69, 9.17) is 9.47 Å². The number of amides is 2. The summed E-state index contributed by atoms with van der Waals surface area (Å²) in [5.41, 5.74) is 3.60. The van der Waals surface area contributed by atoms with E-state index >= 15 is 0 Å². The molecule has 10 nitrogen and oxygen atoms in total. The molecule has 3 aromatic rings. The first-order valence-corrected chi connectivity index (χ1v) is 11.1. The van der Waals surface area contributed by atoms with Gasteiger partial charge < -0.3 is 14.8 Å². The molecule has 0 atom stereocenters. The van der Waals surface area contributed by atoms with Crippen molar-refractivity contribution in [2.24, 2.45) is 5.10 Å². The van der Waals surface area contributed by atoms with Crippen LogP contribution in [0.4, 0.5) is 15.8 Å². The molecule has 0 aromatic heterocycles. The van der Waals surface area contributed by atoms with Crippen LogP contribution in [0.3, 0.4) is 0 Å². The molecule has 186 valence electrons. The topological polar surface area (TPSA) is 132 Å². The molecule has 0 fully saturated rings. The third-order valence-electron chi connectivity index (χ3n) is 4.83. The predicted molar refractivity (Wildman–Crippen MR) is 134 cm³/mol. The van der Waals surface area contributed by atoms with Crippen molar-refractivity contribution in [3.05, 3.63) is 91.7 Å². The molecule has 0 radical (unpaired) electrons. The number of nitrogens with zero attached hydrogens (tertiary/aromatic N) is 2. The Bertz CT molecular complexity index is 1350. The Kier molecular flexibility index (Phi) is 8.68. The summed E-state index contributed by atoms with van der Waals surface area (Å²) in [5.74, 6) is -1.90. The van der Waals surface area contributed by atoms with E-state index in [0.29, 0.717) is 32.7 Å². The maximum absolute atomic E-state index is 13.8. The van der Waals surface area contributed by atoms with Gasteiger partial charge in [-0.15, -0.1) is 0 Å². The van der Waals surface area contributed by atoms with Gasteiger partial charge in [-0.3, -0.25) is 19.7 Å². The number of nitro benzene ring substituents is 1. The van der Waals surface area contributed by atoms with Gasteiger partial charge in [0, 0.05) is 21.7 Å². The number of methoxy groups -OCH3 is 1. The second-order valence-corrected chi connectivity index (χ2v) is 8.26. The van der Waals surface area contributed by atoms with Gasteiger partial charge in [0.2, 0.25) is 0 Å². The van der Waals surface area contributed by atoms with E-state index < -0.39 is 22.6 Å². The highest BCUT2D eigenvalue weighted by Crippen LogP contribution is 2.26. The molecule has 0 spiro atoms. The van der Waals surface area contributed by atoms with E-state index in [0.717, 1.165) is 6.07 Å². The van der Waals surface area contributed by atoms with Crippen LogP contribution in [0.1, 0.15) is 16.7 Å². The third-order valence-corrected chi connectivity index (χ3v) is 5.32. The molecule has 36 heavy (non-hydrogen) atoms. The van der Waals surface area contributed by atoms with E-state index in [1.807, 2.05) is 0 Å². The Morgan fingerprint density at radius 3 is 2.58 bits per heavy atom. The monoisotopic (exact) mass is 558 g/mol. The normalized spacial score (nSPS) is 10.7. The van der Waals surface area contributed by atoms with Gasteiger partial charge in [-0.25, -0.2) is 9.82 Å². The first-order chi connectivity index (χ1) is 17.2. The number of rotatable bonds is 8. The number of ether oxygens (including phenoxy) is 2. The van der Waals surface area contributed by atoms with Crippen LogP contribution in [0, 0.1) is 22.9 Å². The van der Waals surface area contributed by atoms with Crippen LogP contribution in [0.15, 0.2) is 64.2 Å². The van der Waals surface area contributed by atoms with Crippen molar-refractivity contribution in [3.63, 3.8) is 0 Å². The maximum Gasteiger partial charge on any atom is 0.329 e. The molecule has 0 saturated heterocycles. The number of hydrogen-bond donors (Lipinski definition) is 2. The van der Waals surface area contributed by atoms with Gasteiger partial charge in [-0.2, -0.15) is 5.10 Å². The summed E-state index contributed by atoms with van der Waals surface area (Å²) >= 11 is 3.10. The molecule has 2 N–H and O–H groups in total. The maximum atomic E-state index is 13.8. The second kappa shape index (κ2) is 11.9. The summed E-state index contributed by atoms with van der Waals surface area (Å²) in [6.45, 7) is 1.71. The molecule has 0 aliphatic rings. The number of carbonyl (C=O) groups excluding carboxylic acids is 2. The number of anilines is 1. The molecule has 3 rings (SSSR count). The molecule has 0 unspecified atom stereocenters. The molecule has 2 amide bonds. The van der Waals surface area contributed by atoms with Gasteiger partial charge in [0.05, 0.1) is 23.9 Å². The average Bonchev–Trinajstić information content (AvgIpc) is 2.84.